The molecule has 0 aliphatic carbocycles. The van der Waals surface area contributed by atoms with E-state index in [2.05, 4.69) is 17.4 Å². The molecule has 33 heavy (non-hydrogen) atoms. The number of para-hydroxylation sites is 1. The summed E-state index contributed by atoms with van der Waals surface area (Å²) >= 11 is 0. The fraction of sp³-hybridized carbons (Fsp3) is 0.286. The molecule has 5 heteroatoms. The molecule has 5 nitrogen and oxygen atoms in total. The van der Waals surface area contributed by atoms with E-state index in [9.17, 15) is 9.59 Å². The highest BCUT2D eigenvalue weighted by molar-refractivity contribution is 5.99. The minimum Gasteiger partial charge on any atom is -0.496 e. The third-order valence-electron chi connectivity index (χ3n) is 6.13. The number of ether oxygens (including phenoxy) is 1. The molecular weight excluding hydrogens is 412 g/mol. The Balaban J connectivity index is 1.40. The second-order valence-electron chi connectivity index (χ2n) is 8.32. The van der Waals surface area contributed by atoms with Crippen LogP contribution in [0.25, 0.3) is 11.1 Å². The molecule has 1 atom stereocenters. The van der Waals surface area contributed by atoms with Crippen molar-refractivity contribution >= 4 is 11.8 Å². The SMILES string of the molecule is COc1ccccc1-c1cccc(C(=O)N2CCC[C@H]2C(=O)NCCCc2ccccc2)c1. The lowest BCUT2D eigenvalue weighted by atomic mass is 10.0. The van der Waals surface area contributed by atoms with Gasteiger partial charge < -0.3 is 15.0 Å². The van der Waals surface area contributed by atoms with Crippen molar-refractivity contribution in [3.63, 3.8) is 0 Å². The molecule has 1 saturated heterocycles. The summed E-state index contributed by atoms with van der Waals surface area (Å²) in [5.41, 5.74) is 3.70. The Kier molecular flexibility index (Phi) is 7.40. The Hall–Kier alpha value is -3.60. The maximum atomic E-state index is 13.3. The van der Waals surface area contributed by atoms with E-state index in [0.29, 0.717) is 25.1 Å². The van der Waals surface area contributed by atoms with Crippen molar-refractivity contribution in [1.82, 2.24) is 10.2 Å². The van der Waals surface area contributed by atoms with Crippen molar-refractivity contribution in [2.75, 3.05) is 20.2 Å². The molecule has 1 aliphatic rings. The highest BCUT2D eigenvalue weighted by Gasteiger charge is 2.34. The first-order valence-corrected chi connectivity index (χ1v) is 11.5. The standard InChI is InChI=1S/C28H30N2O3/c1-33-26-17-6-5-15-24(26)22-13-7-14-23(20-22)28(32)30-19-9-16-25(30)27(31)29-18-8-12-21-10-3-2-4-11-21/h2-7,10-11,13-15,17,20,25H,8-9,12,16,18-19H2,1H3,(H,29,31)/t25-/m0/s1. The minimum absolute atomic E-state index is 0.0604. The van der Waals surface area contributed by atoms with Crippen LogP contribution in [-0.2, 0) is 11.2 Å². The highest BCUT2D eigenvalue weighted by atomic mass is 16.5. The number of amides is 2. The number of carbonyl (C=O) groups excluding carboxylic acids is 2. The number of benzene rings is 3. The van der Waals surface area contributed by atoms with Crippen LogP contribution in [0, 0.1) is 0 Å². The van der Waals surface area contributed by atoms with Crippen LogP contribution in [0.4, 0.5) is 0 Å². The number of carbonyl (C=O) groups is 2. The van der Waals surface area contributed by atoms with Gasteiger partial charge in [-0.3, -0.25) is 9.59 Å². The van der Waals surface area contributed by atoms with Gasteiger partial charge in [0.25, 0.3) is 5.91 Å². The average molecular weight is 443 g/mol. The quantitative estimate of drug-likeness (QED) is 0.514. The summed E-state index contributed by atoms with van der Waals surface area (Å²) in [5.74, 6) is 0.597. The highest BCUT2D eigenvalue weighted by Crippen LogP contribution is 2.30. The Morgan fingerprint density at radius 3 is 2.61 bits per heavy atom. The molecule has 4 rings (SSSR count). The van der Waals surface area contributed by atoms with Crippen LogP contribution in [0.5, 0.6) is 5.75 Å². The van der Waals surface area contributed by atoms with Crippen LogP contribution in [0.1, 0.15) is 35.2 Å². The summed E-state index contributed by atoms with van der Waals surface area (Å²) in [5, 5.41) is 3.03. The first kappa shape index (κ1) is 22.6. The fourth-order valence-corrected chi connectivity index (χ4v) is 4.42. The number of hydrogen-bond acceptors (Lipinski definition) is 3. The van der Waals surface area contributed by atoms with Gasteiger partial charge in [0.1, 0.15) is 11.8 Å². The summed E-state index contributed by atoms with van der Waals surface area (Å²) in [7, 11) is 1.64. The number of nitrogens with one attached hydrogen (secondary N) is 1. The number of nitrogens with zero attached hydrogens (tertiary/aromatic N) is 1. The van der Waals surface area contributed by atoms with E-state index < -0.39 is 6.04 Å². The van der Waals surface area contributed by atoms with Crippen molar-refractivity contribution in [3.05, 3.63) is 90.0 Å². The van der Waals surface area contributed by atoms with Gasteiger partial charge in [0.05, 0.1) is 7.11 Å². The summed E-state index contributed by atoms with van der Waals surface area (Å²) in [4.78, 5) is 27.9. The molecule has 3 aromatic carbocycles. The van der Waals surface area contributed by atoms with Gasteiger partial charge in [-0.05, 0) is 55.0 Å². The second kappa shape index (κ2) is 10.8. The van der Waals surface area contributed by atoms with E-state index in [1.807, 2.05) is 66.7 Å². The van der Waals surface area contributed by atoms with Crippen LogP contribution in [0.2, 0.25) is 0 Å². The number of rotatable bonds is 8. The maximum absolute atomic E-state index is 13.3. The van der Waals surface area contributed by atoms with Crippen LogP contribution >= 0.6 is 0 Å². The fourth-order valence-electron chi connectivity index (χ4n) is 4.42. The van der Waals surface area contributed by atoms with E-state index in [0.717, 1.165) is 36.1 Å². The zero-order valence-electron chi connectivity index (χ0n) is 19.0. The molecule has 0 radical (unpaired) electrons. The summed E-state index contributed by atoms with van der Waals surface area (Å²) in [6.07, 6.45) is 3.32. The molecule has 0 unspecified atom stereocenters. The van der Waals surface area contributed by atoms with Gasteiger partial charge in [0.15, 0.2) is 0 Å². The van der Waals surface area contributed by atoms with E-state index in [4.69, 9.17) is 4.74 Å². The predicted octanol–water partition coefficient (Wildman–Crippen LogP) is 4.72. The molecule has 0 spiro atoms. The van der Waals surface area contributed by atoms with Crippen molar-refractivity contribution in [2.45, 2.75) is 31.7 Å². The number of methoxy groups -OCH3 is 1. The second-order valence-corrected chi connectivity index (χ2v) is 8.32. The third-order valence-corrected chi connectivity index (χ3v) is 6.13. The Morgan fingerprint density at radius 1 is 1.00 bits per heavy atom. The van der Waals surface area contributed by atoms with E-state index in [1.54, 1.807) is 12.0 Å². The molecule has 0 aromatic heterocycles. The van der Waals surface area contributed by atoms with Gasteiger partial charge in [0.2, 0.25) is 5.91 Å². The van der Waals surface area contributed by atoms with Crippen LogP contribution in [-0.4, -0.2) is 43.0 Å². The van der Waals surface area contributed by atoms with Gasteiger partial charge >= 0.3 is 0 Å². The normalized spacial score (nSPS) is 15.3. The average Bonchev–Trinajstić information content (AvgIpc) is 3.37. The smallest absolute Gasteiger partial charge is 0.254 e. The lowest BCUT2D eigenvalue weighted by molar-refractivity contribution is -0.124. The Labute approximate surface area is 195 Å². The molecule has 1 heterocycles. The monoisotopic (exact) mass is 442 g/mol. The molecule has 3 aromatic rings. The zero-order chi connectivity index (χ0) is 23.0. The topological polar surface area (TPSA) is 58.6 Å². The number of aryl methyl sites for hydroxylation is 1. The zero-order valence-corrected chi connectivity index (χ0v) is 19.0. The van der Waals surface area contributed by atoms with E-state index in [1.165, 1.54) is 5.56 Å². The predicted molar refractivity (Wildman–Crippen MR) is 130 cm³/mol. The number of hydrogen-bond donors (Lipinski definition) is 1. The van der Waals surface area contributed by atoms with Gasteiger partial charge in [-0.2, -0.15) is 0 Å². The lowest BCUT2D eigenvalue weighted by Crippen LogP contribution is -2.46. The molecule has 0 bridgehead atoms. The summed E-state index contributed by atoms with van der Waals surface area (Å²) < 4.78 is 5.48. The van der Waals surface area contributed by atoms with E-state index in [-0.39, 0.29) is 11.8 Å². The molecule has 1 N–H and O–H groups in total. The van der Waals surface area contributed by atoms with Gasteiger partial charge in [0, 0.05) is 24.2 Å². The summed E-state index contributed by atoms with van der Waals surface area (Å²) in [6, 6.07) is 25.1. The molecule has 0 saturated carbocycles. The Bertz CT molecular complexity index is 1100. The van der Waals surface area contributed by atoms with Crippen LogP contribution in [0.15, 0.2) is 78.9 Å². The van der Waals surface area contributed by atoms with Crippen LogP contribution < -0.4 is 10.1 Å². The Morgan fingerprint density at radius 2 is 1.79 bits per heavy atom. The molecule has 1 aliphatic heterocycles. The van der Waals surface area contributed by atoms with Crippen molar-refractivity contribution in [3.8, 4) is 16.9 Å². The summed E-state index contributed by atoms with van der Waals surface area (Å²) in [6.45, 7) is 1.20. The van der Waals surface area contributed by atoms with E-state index >= 15 is 0 Å². The third kappa shape index (κ3) is 5.43. The van der Waals surface area contributed by atoms with Gasteiger partial charge in [-0.1, -0.05) is 60.7 Å². The largest absolute Gasteiger partial charge is 0.496 e. The van der Waals surface area contributed by atoms with Crippen molar-refractivity contribution in [2.24, 2.45) is 0 Å². The first-order chi connectivity index (χ1) is 16.2. The van der Waals surface area contributed by atoms with Crippen molar-refractivity contribution in [1.29, 1.82) is 0 Å². The lowest BCUT2D eigenvalue weighted by Gasteiger charge is -2.24. The molecule has 170 valence electrons. The maximum Gasteiger partial charge on any atom is 0.254 e. The van der Waals surface area contributed by atoms with Crippen molar-refractivity contribution < 1.29 is 14.3 Å². The number of likely N-dealkylation sites (tertiary alicyclic amines) is 1. The van der Waals surface area contributed by atoms with Gasteiger partial charge in [-0.15, -0.1) is 0 Å². The minimum atomic E-state index is -0.413. The first-order valence-electron chi connectivity index (χ1n) is 11.5. The molecular formula is C28H30N2O3. The van der Waals surface area contributed by atoms with Crippen LogP contribution in [0.3, 0.4) is 0 Å². The molecule has 2 amide bonds. The van der Waals surface area contributed by atoms with Gasteiger partial charge in [-0.25, -0.2) is 0 Å². The molecule has 1 fully saturated rings.